The van der Waals surface area contributed by atoms with Gasteiger partial charge in [0.1, 0.15) is 10.7 Å². The Morgan fingerprint density at radius 2 is 2.14 bits per heavy atom. The maximum atomic E-state index is 14.4. The lowest BCUT2D eigenvalue weighted by Gasteiger charge is -2.13. The number of sulfonamides is 1. The molecule has 0 spiro atoms. The lowest BCUT2D eigenvalue weighted by Crippen LogP contribution is -2.31. The van der Waals surface area contributed by atoms with Crippen LogP contribution < -0.4 is 20.7 Å². The molecule has 0 amide bonds. The second-order valence-electron chi connectivity index (χ2n) is 6.48. The molecule has 1 aliphatic heterocycles. The van der Waals surface area contributed by atoms with Crippen molar-refractivity contribution >= 4 is 43.8 Å². The number of unbranched alkanes of at least 4 members (excludes halogenated alkanes) is 1. The van der Waals surface area contributed by atoms with E-state index in [0.29, 0.717) is 18.3 Å². The highest BCUT2D eigenvalue weighted by Gasteiger charge is 2.22. The van der Waals surface area contributed by atoms with Gasteiger partial charge in [-0.05, 0) is 44.5 Å². The van der Waals surface area contributed by atoms with Crippen molar-refractivity contribution in [1.82, 2.24) is 15.6 Å². The van der Waals surface area contributed by atoms with E-state index in [9.17, 15) is 12.8 Å². The molecule has 0 bridgehead atoms. The number of nitrogens with zero attached hydrogens (tertiary/aromatic N) is 1. The van der Waals surface area contributed by atoms with Gasteiger partial charge in [0.25, 0.3) is 10.0 Å². The molecule has 1 aromatic heterocycles. The average molecular weight is 448 g/mol. The van der Waals surface area contributed by atoms with Crippen molar-refractivity contribution in [2.45, 2.75) is 30.2 Å². The van der Waals surface area contributed by atoms with Crippen LogP contribution in [0.5, 0.6) is 0 Å². The van der Waals surface area contributed by atoms with E-state index < -0.39 is 20.7 Å². The zero-order valence-electron chi connectivity index (χ0n) is 15.2. The third-order valence-electron chi connectivity index (χ3n) is 4.38. The first kappa shape index (κ1) is 21.3. The zero-order chi connectivity index (χ0) is 20.0. The van der Waals surface area contributed by atoms with Gasteiger partial charge in [-0.2, -0.15) is 0 Å². The summed E-state index contributed by atoms with van der Waals surface area (Å²) in [5, 5.41) is 11.8. The minimum Gasteiger partial charge on any atom is -0.384 e. The van der Waals surface area contributed by atoms with E-state index >= 15 is 0 Å². The predicted molar refractivity (Wildman–Crippen MR) is 111 cm³/mol. The largest absolute Gasteiger partial charge is 0.384 e. The lowest BCUT2D eigenvalue weighted by atomic mass is 10.2. The standard InChI is InChI=1S/C17H23ClFN5O2S2/c18-13-9-16(28(25,26)24-17-23-7-8-27-17)14(19)10-15(13)22-5-2-1-4-21-12-3-6-20-11-12/h7-10,12,20-22H,1-6,11H2,(H,23,24)/t12-/m1/s1. The molecule has 1 aliphatic rings. The fraction of sp³-hybridized carbons (Fsp3) is 0.471. The Morgan fingerprint density at radius 1 is 1.32 bits per heavy atom. The molecule has 0 unspecified atom stereocenters. The lowest BCUT2D eigenvalue weighted by molar-refractivity contribution is 0.530. The van der Waals surface area contributed by atoms with Crippen LogP contribution in [0.25, 0.3) is 0 Å². The van der Waals surface area contributed by atoms with Crippen molar-refractivity contribution in [2.24, 2.45) is 0 Å². The number of aromatic nitrogens is 1. The minimum absolute atomic E-state index is 0.149. The molecule has 11 heteroatoms. The zero-order valence-corrected chi connectivity index (χ0v) is 17.6. The van der Waals surface area contributed by atoms with E-state index in [1.807, 2.05) is 0 Å². The van der Waals surface area contributed by atoms with E-state index in [-0.39, 0.29) is 10.2 Å². The SMILES string of the molecule is O=S(=O)(Nc1nccs1)c1cc(Cl)c(NCCCCN[C@@H]2CCNC2)cc1F. The number of hydrogen-bond donors (Lipinski definition) is 4. The smallest absolute Gasteiger partial charge is 0.266 e. The quantitative estimate of drug-likeness (QED) is 0.418. The summed E-state index contributed by atoms with van der Waals surface area (Å²) in [6.45, 7) is 3.62. The van der Waals surface area contributed by atoms with E-state index in [4.69, 9.17) is 11.6 Å². The molecule has 0 saturated carbocycles. The van der Waals surface area contributed by atoms with Gasteiger partial charge in [-0.1, -0.05) is 11.6 Å². The van der Waals surface area contributed by atoms with Crippen LogP contribution in [0.4, 0.5) is 15.2 Å². The molecule has 0 aliphatic carbocycles. The van der Waals surface area contributed by atoms with E-state index in [1.165, 1.54) is 6.20 Å². The fourth-order valence-corrected chi connectivity index (χ4v) is 5.09. The van der Waals surface area contributed by atoms with E-state index in [2.05, 4.69) is 25.7 Å². The first-order chi connectivity index (χ1) is 13.5. The Bertz CT molecular complexity index is 874. The molecule has 2 aromatic rings. The second-order valence-corrected chi connectivity index (χ2v) is 9.44. The van der Waals surface area contributed by atoms with Crippen molar-refractivity contribution in [3.8, 4) is 0 Å². The third-order valence-corrected chi connectivity index (χ3v) is 6.86. The predicted octanol–water partition coefficient (Wildman–Crippen LogP) is 2.88. The molecular weight excluding hydrogens is 425 g/mol. The van der Waals surface area contributed by atoms with E-state index in [1.54, 1.807) is 5.38 Å². The summed E-state index contributed by atoms with van der Waals surface area (Å²) in [7, 11) is -4.10. The van der Waals surface area contributed by atoms with Crippen LogP contribution in [0, 0.1) is 5.82 Å². The summed E-state index contributed by atoms with van der Waals surface area (Å²) < 4.78 is 41.3. The Balaban J connectivity index is 1.51. The van der Waals surface area contributed by atoms with Crippen LogP contribution in [0.1, 0.15) is 19.3 Å². The fourth-order valence-electron chi connectivity index (χ4n) is 2.92. The van der Waals surface area contributed by atoms with Crippen LogP contribution in [-0.2, 0) is 10.0 Å². The normalized spacial score (nSPS) is 17.0. The molecule has 1 aromatic carbocycles. The van der Waals surface area contributed by atoms with Crippen LogP contribution in [-0.4, -0.2) is 45.6 Å². The monoisotopic (exact) mass is 447 g/mol. The molecule has 1 atom stereocenters. The Kier molecular flexibility index (Phi) is 7.47. The molecule has 1 fully saturated rings. The molecule has 1 saturated heterocycles. The van der Waals surface area contributed by atoms with Gasteiger partial charge >= 0.3 is 0 Å². The molecule has 7 nitrogen and oxygen atoms in total. The number of rotatable bonds is 10. The van der Waals surface area contributed by atoms with Gasteiger partial charge in [0.15, 0.2) is 5.13 Å². The molecule has 0 radical (unpaired) electrons. The van der Waals surface area contributed by atoms with Crippen LogP contribution in [0.2, 0.25) is 5.02 Å². The van der Waals surface area contributed by atoms with Crippen molar-refractivity contribution < 1.29 is 12.8 Å². The number of thiazole rings is 1. The van der Waals surface area contributed by atoms with Gasteiger partial charge in [0.05, 0.1) is 10.7 Å². The highest BCUT2D eigenvalue weighted by molar-refractivity contribution is 7.93. The van der Waals surface area contributed by atoms with E-state index in [0.717, 1.165) is 62.4 Å². The van der Waals surface area contributed by atoms with Crippen molar-refractivity contribution in [3.05, 3.63) is 34.5 Å². The van der Waals surface area contributed by atoms with Gasteiger partial charge in [-0.3, -0.25) is 4.72 Å². The molecule has 3 rings (SSSR count). The van der Waals surface area contributed by atoms with Crippen molar-refractivity contribution in [1.29, 1.82) is 0 Å². The van der Waals surface area contributed by atoms with Gasteiger partial charge in [-0.25, -0.2) is 17.8 Å². The average Bonchev–Trinajstić information content (AvgIpc) is 3.34. The number of nitrogens with one attached hydrogen (secondary N) is 4. The Labute approximate surface area is 173 Å². The highest BCUT2D eigenvalue weighted by atomic mass is 35.5. The number of hydrogen-bond acceptors (Lipinski definition) is 7. The Hall–Kier alpha value is -1.46. The number of anilines is 2. The van der Waals surface area contributed by atoms with Crippen LogP contribution in [0.3, 0.4) is 0 Å². The van der Waals surface area contributed by atoms with Crippen molar-refractivity contribution in [3.63, 3.8) is 0 Å². The molecule has 2 heterocycles. The summed E-state index contributed by atoms with van der Waals surface area (Å²) in [6.07, 6.45) is 4.48. The van der Waals surface area contributed by atoms with Crippen molar-refractivity contribution in [2.75, 3.05) is 36.2 Å². The molecule has 4 N–H and O–H groups in total. The summed E-state index contributed by atoms with van der Waals surface area (Å²) in [5.74, 6) is -0.869. The first-order valence-corrected chi connectivity index (χ1v) is 11.8. The number of benzene rings is 1. The topological polar surface area (TPSA) is 95.2 Å². The Morgan fingerprint density at radius 3 is 2.86 bits per heavy atom. The van der Waals surface area contributed by atoms with Gasteiger partial charge in [0.2, 0.25) is 0 Å². The maximum Gasteiger partial charge on any atom is 0.266 e. The molecular formula is C17H23ClFN5O2S2. The maximum absolute atomic E-state index is 14.4. The van der Waals surface area contributed by atoms with Crippen LogP contribution >= 0.6 is 22.9 Å². The summed E-state index contributed by atoms with van der Waals surface area (Å²) in [5.41, 5.74) is 0.375. The number of halogens is 2. The second kappa shape index (κ2) is 9.84. The summed E-state index contributed by atoms with van der Waals surface area (Å²) in [4.78, 5) is 3.33. The summed E-state index contributed by atoms with van der Waals surface area (Å²) in [6, 6.07) is 2.77. The molecule has 28 heavy (non-hydrogen) atoms. The molecule has 154 valence electrons. The van der Waals surface area contributed by atoms with Gasteiger partial charge in [0, 0.05) is 30.7 Å². The first-order valence-electron chi connectivity index (χ1n) is 9.05. The van der Waals surface area contributed by atoms with Crippen LogP contribution in [0.15, 0.2) is 28.6 Å². The van der Waals surface area contributed by atoms with Gasteiger partial charge in [-0.15, -0.1) is 11.3 Å². The third kappa shape index (κ3) is 5.77. The highest BCUT2D eigenvalue weighted by Crippen LogP contribution is 2.29. The van der Waals surface area contributed by atoms with Gasteiger partial charge < -0.3 is 16.0 Å². The minimum atomic E-state index is -4.10. The summed E-state index contributed by atoms with van der Waals surface area (Å²) >= 11 is 7.27.